The summed E-state index contributed by atoms with van der Waals surface area (Å²) < 4.78 is 138. The van der Waals surface area contributed by atoms with Crippen LogP contribution in [0, 0.1) is 113 Å². The molecule has 0 saturated carbocycles. The van der Waals surface area contributed by atoms with Gasteiger partial charge in [0.05, 0.1) is 92.6 Å². The van der Waals surface area contributed by atoms with Crippen molar-refractivity contribution in [2.24, 2.45) is 5.92 Å². The van der Waals surface area contributed by atoms with Gasteiger partial charge in [0.25, 0.3) is 22.8 Å². The van der Waals surface area contributed by atoms with E-state index in [-0.39, 0.29) is 76.4 Å². The van der Waals surface area contributed by atoms with Crippen LogP contribution in [-0.2, 0) is 9.47 Å². The lowest BCUT2D eigenvalue weighted by atomic mass is 9.88. The number of hydrogen-bond donors (Lipinski definition) is 3. The number of ether oxygens (including phenoxy) is 2. The number of nitrogens with zero attached hydrogens (tertiary/aromatic N) is 13. The number of halogens is 9. The lowest BCUT2D eigenvalue weighted by molar-refractivity contribution is -0.148. The number of hydrogen-bond acceptors (Lipinski definition) is 13. The van der Waals surface area contributed by atoms with Crippen LogP contribution < -0.4 is 47.3 Å². The first-order chi connectivity index (χ1) is 57.9. The summed E-state index contributed by atoms with van der Waals surface area (Å²) in [6.45, 7) is 47.5. The van der Waals surface area contributed by atoms with Crippen molar-refractivity contribution in [1.29, 1.82) is 21.0 Å². The summed E-state index contributed by atoms with van der Waals surface area (Å²) in [6.07, 6.45) is 1.90. The van der Waals surface area contributed by atoms with Crippen molar-refractivity contribution in [3.8, 4) is 24.3 Å². The third-order valence-corrected chi connectivity index (χ3v) is 20.5. The smallest absolute Gasteiger partial charge is 0.274 e. The molecule has 3 N–H and O–H groups in total. The normalized spacial score (nSPS) is 18.1. The minimum Gasteiger partial charge on any atom is -0.373 e. The van der Waals surface area contributed by atoms with Gasteiger partial charge in [-0.1, -0.05) is 104 Å². The largest absolute Gasteiger partial charge is 0.373 e. The van der Waals surface area contributed by atoms with Crippen molar-refractivity contribution in [2.45, 2.75) is 95.8 Å². The zero-order valence-corrected chi connectivity index (χ0v) is 65.6. The SMILES string of the molecule is [C-]#[N+]C(C#N)=C1C(F)=C(F)C(C(N2CC(C)OC(C)C2)N2CC(C)OC(C)C2)C(F)=C1F.[C-]#[N+]C(C#N)=c1ccc(=C(N2CCC(c3ccc(F)cc3)CC2)N2CCC(c3ccc(F)cc3)CC2)cc1.[C-]#[N+]C(C#N)=c1ccc(=C(Nc2ccc(F)cc2)Nc2ccc(F)cc2)cc1.[C-]#[N+]C(C#N)=c1ccc(=C([N+]#[C-])Nc2ccc(F)cc2)cc1. The number of morpholine rings is 2. The Morgan fingerprint density at radius 3 is 0.950 bits per heavy atom. The van der Waals surface area contributed by atoms with Crippen LogP contribution in [0.25, 0.3) is 58.8 Å². The molecule has 5 aliphatic rings. The van der Waals surface area contributed by atoms with E-state index in [1.165, 1.54) is 71.5 Å². The average molecular weight is 1620 g/mol. The molecule has 8 aromatic rings. The number of allylic oxidation sites excluding steroid dienone is 4. The van der Waals surface area contributed by atoms with E-state index in [9.17, 15) is 36.0 Å². The van der Waals surface area contributed by atoms with Crippen molar-refractivity contribution < 1.29 is 49.0 Å². The quantitative estimate of drug-likeness (QED) is 0.0563. The third kappa shape index (κ3) is 22.7. The van der Waals surface area contributed by atoms with Gasteiger partial charge in [0.1, 0.15) is 58.1 Å². The van der Waals surface area contributed by atoms with Crippen LogP contribution in [0.1, 0.15) is 76.3 Å². The molecule has 0 radical (unpaired) electrons. The highest BCUT2D eigenvalue weighted by atomic mass is 19.2. The van der Waals surface area contributed by atoms with Gasteiger partial charge in [-0.2, -0.15) is 0 Å². The van der Waals surface area contributed by atoms with E-state index in [0.717, 1.165) is 62.3 Å². The van der Waals surface area contributed by atoms with Crippen LogP contribution in [0.3, 0.4) is 0 Å². The first-order valence-corrected chi connectivity index (χ1v) is 38.2. The second-order valence-electron chi connectivity index (χ2n) is 28.7. The molecule has 4 aliphatic heterocycles. The minimum atomic E-state index is -1.89. The number of likely N-dealkylation sites (tertiary alicyclic amines) is 2. The first kappa shape index (κ1) is 88.2. The molecule has 1 aliphatic carbocycles. The van der Waals surface area contributed by atoms with Crippen molar-refractivity contribution in [2.75, 3.05) is 68.3 Å². The van der Waals surface area contributed by atoms with Crippen molar-refractivity contribution in [3.05, 3.63) is 357 Å². The van der Waals surface area contributed by atoms with Crippen LogP contribution >= 0.6 is 0 Å². The summed E-state index contributed by atoms with van der Waals surface area (Å²) in [5.41, 5.74) is 2.09. The first-order valence-electron chi connectivity index (χ1n) is 38.2. The van der Waals surface area contributed by atoms with E-state index < -0.39 is 46.7 Å². The fourth-order valence-electron chi connectivity index (χ4n) is 14.9. The van der Waals surface area contributed by atoms with Crippen molar-refractivity contribution >= 4 is 51.6 Å². The van der Waals surface area contributed by atoms with Crippen LogP contribution in [0.4, 0.5) is 56.6 Å². The highest BCUT2D eigenvalue weighted by Gasteiger charge is 2.48. The topological polar surface area (TPSA) is 184 Å². The van der Waals surface area contributed by atoms with Crippen LogP contribution in [0.2, 0.25) is 0 Å². The van der Waals surface area contributed by atoms with Gasteiger partial charge in [-0.05, 0) is 194 Å². The molecule has 0 amide bonds. The maximum absolute atomic E-state index is 15.4. The number of nitrogens with one attached hydrogen (secondary N) is 3. The highest BCUT2D eigenvalue weighted by molar-refractivity contribution is 5.75. The van der Waals surface area contributed by atoms with E-state index in [1.54, 1.807) is 107 Å². The van der Waals surface area contributed by atoms with Gasteiger partial charge < -0.3 is 40.1 Å². The Morgan fingerprint density at radius 2 is 0.650 bits per heavy atom. The zero-order valence-electron chi connectivity index (χ0n) is 65.6. The monoisotopic (exact) mass is 1620 g/mol. The van der Waals surface area contributed by atoms with Crippen LogP contribution in [0.15, 0.2) is 229 Å². The van der Waals surface area contributed by atoms with Gasteiger partial charge in [0.2, 0.25) is 5.82 Å². The molecule has 27 heteroatoms. The molecule has 606 valence electrons. The van der Waals surface area contributed by atoms with E-state index in [4.69, 9.17) is 58.1 Å². The third-order valence-electron chi connectivity index (χ3n) is 20.5. The molecule has 18 nitrogen and oxygen atoms in total. The molecule has 4 atom stereocenters. The molecule has 4 saturated heterocycles. The molecule has 8 aromatic carbocycles. The Morgan fingerprint density at radius 1 is 0.367 bits per heavy atom. The molecule has 4 unspecified atom stereocenters. The number of rotatable bonds is 13. The maximum atomic E-state index is 15.4. The number of piperidine rings is 2. The Bertz CT molecular complexity index is 5660. The Hall–Kier alpha value is -14.2. The molecule has 13 rings (SSSR count). The Labute approximate surface area is 689 Å². The molecule has 0 aromatic heterocycles. The molecule has 4 heterocycles. The van der Waals surface area contributed by atoms with Crippen molar-refractivity contribution in [3.63, 3.8) is 0 Å². The maximum Gasteiger partial charge on any atom is 0.274 e. The van der Waals surface area contributed by atoms with Gasteiger partial charge >= 0.3 is 0 Å². The fraction of sp³-hybridized carbons (Fsp3) is 0.258. The lowest BCUT2D eigenvalue weighted by Crippen LogP contribution is -2.63. The molecule has 4 fully saturated rings. The second-order valence-corrected chi connectivity index (χ2v) is 28.7. The van der Waals surface area contributed by atoms with Crippen molar-refractivity contribution in [1.82, 2.24) is 19.6 Å². The van der Waals surface area contributed by atoms with E-state index in [1.807, 2.05) is 94.4 Å². The van der Waals surface area contributed by atoms with E-state index in [0.29, 0.717) is 81.8 Å². The van der Waals surface area contributed by atoms with Gasteiger partial charge in [0.15, 0.2) is 11.7 Å². The molecular weight excluding hydrogens is 1540 g/mol. The summed E-state index contributed by atoms with van der Waals surface area (Å²) in [5.74, 6) is -6.96. The average Bonchev–Trinajstić information content (AvgIpc) is 0.750. The van der Waals surface area contributed by atoms with Crippen LogP contribution in [-0.4, -0.2) is 103 Å². The summed E-state index contributed by atoms with van der Waals surface area (Å²) in [6, 6.07) is 59.3. The lowest BCUT2D eigenvalue weighted by Gasteiger charge is -2.50. The van der Waals surface area contributed by atoms with E-state index >= 15 is 8.78 Å². The number of anilines is 3. The molecule has 120 heavy (non-hydrogen) atoms. The van der Waals surface area contributed by atoms with Gasteiger partial charge in [0, 0.05) is 74.2 Å². The summed E-state index contributed by atoms with van der Waals surface area (Å²) in [4.78, 5) is 24.3. The second kappa shape index (κ2) is 42.1. The minimum absolute atomic E-state index is 0.00223. The molecule has 0 spiro atoms. The standard InChI is InChI=1S/C32H30F2N4.C22H26F4N4O2.C22H14F2N4.C17H9FN4/c1-36-31(22-35)27-2-4-28(5-3-27)32(37-18-14-25(15-19-37)23-6-10-29(33)11-7-23)38-20-16-26(17-21-38)24-8-12-30(34)13-9-24;1-11-7-29(8-12(2)31-11)22(30-9-13(3)32-14(4)10-30)17-20(25)18(23)16(15(6-27)28-5)19(24)21(17)26;1-26-21(14-25)15-2-4-16(5-3-15)22(27-19-10-6-17(23)7-11-19)28-20-12-8-18(24)9-13-20;1-20-16(11-19)12-3-5-13(6-4-12)17(21-2)22-15-9-7-14(18)8-10-15/h2-13,25-26H,14-21H2;11-14,17,22H,7-10H2,1-4H3;2-13,27-28H;3-10,22H. The Kier molecular flexibility index (Phi) is 30.9. The van der Waals surface area contributed by atoms with Gasteiger partial charge in [-0.15, -0.1) is 0 Å². The molecular formula is C93H79F9N16O2. The molecule has 0 bridgehead atoms. The zero-order chi connectivity index (χ0) is 86.1. The Balaban J connectivity index is 0.000000171. The highest BCUT2D eigenvalue weighted by Crippen LogP contribution is 2.47. The predicted molar refractivity (Wildman–Crippen MR) is 439 cm³/mol. The van der Waals surface area contributed by atoms with Crippen LogP contribution in [0.5, 0.6) is 0 Å². The predicted octanol–water partition coefficient (Wildman–Crippen LogP) is 15.8. The summed E-state index contributed by atoms with van der Waals surface area (Å²) in [7, 11) is 0. The summed E-state index contributed by atoms with van der Waals surface area (Å²) in [5, 5.41) is 49.4. The van der Waals surface area contributed by atoms with E-state index in [2.05, 4.69) is 50.0 Å². The summed E-state index contributed by atoms with van der Waals surface area (Å²) >= 11 is 0. The number of benzene rings is 8. The van der Waals surface area contributed by atoms with Gasteiger partial charge in [-0.3, -0.25) is 9.80 Å². The fourth-order valence-corrected chi connectivity index (χ4v) is 14.9. The number of nitriles is 4. The van der Waals surface area contributed by atoms with Gasteiger partial charge in [-0.25, -0.2) is 79.9 Å².